The number of carbonyl (C=O) groups is 1. The van der Waals surface area contributed by atoms with Crippen LogP contribution in [-0.2, 0) is 11.2 Å². The summed E-state index contributed by atoms with van der Waals surface area (Å²) in [7, 11) is 0. The van der Waals surface area contributed by atoms with Crippen LogP contribution in [0.2, 0.25) is 0 Å². The third-order valence-corrected chi connectivity index (χ3v) is 4.79. The number of fused-ring (bicyclic) bond motifs is 1. The zero-order valence-electron chi connectivity index (χ0n) is 12.2. The molecule has 0 bridgehead atoms. The minimum absolute atomic E-state index is 0.298. The van der Waals surface area contributed by atoms with E-state index in [-0.39, 0.29) is 6.61 Å². The third-order valence-electron chi connectivity index (χ3n) is 3.54. The van der Waals surface area contributed by atoms with Gasteiger partial charge in [-0.2, -0.15) is 11.8 Å². The summed E-state index contributed by atoms with van der Waals surface area (Å²) in [6.07, 6.45) is -0.337. The van der Waals surface area contributed by atoms with Crippen molar-refractivity contribution in [2.75, 3.05) is 18.1 Å². The topological polar surface area (TPSA) is 77.8 Å². The number of benzene rings is 2. The van der Waals surface area contributed by atoms with Crippen LogP contribution in [-0.4, -0.2) is 45.5 Å². The number of hydrogen-bond donors (Lipinski definition) is 3. The standard InChI is InChI=1S/C17H20O4S/c18-9-15(19)11-22-10-14(17(20)21)8-13-6-3-5-12-4-1-2-7-16(12)13/h1-7,14-15,18-19H,8-11H2,(H,20,21)/t14-,15+/m1/s1. The number of carboxylic acid groups (broad SMARTS) is 1. The van der Waals surface area contributed by atoms with Gasteiger partial charge in [-0.05, 0) is 22.8 Å². The van der Waals surface area contributed by atoms with Crippen molar-refractivity contribution in [1.29, 1.82) is 0 Å². The molecule has 0 aliphatic rings. The van der Waals surface area contributed by atoms with E-state index in [0.717, 1.165) is 16.3 Å². The lowest BCUT2D eigenvalue weighted by Crippen LogP contribution is -2.21. The van der Waals surface area contributed by atoms with Gasteiger partial charge in [0.2, 0.25) is 0 Å². The Bertz CT molecular complexity index is 624. The van der Waals surface area contributed by atoms with E-state index in [4.69, 9.17) is 5.11 Å². The van der Waals surface area contributed by atoms with Crippen molar-refractivity contribution in [2.45, 2.75) is 12.5 Å². The number of aliphatic hydroxyl groups is 2. The van der Waals surface area contributed by atoms with Crippen LogP contribution in [0.4, 0.5) is 0 Å². The summed E-state index contributed by atoms with van der Waals surface area (Å²) < 4.78 is 0. The first kappa shape index (κ1) is 16.8. The van der Waals surface area contributed by atoms with Gasteiger partial charge >= 0.3 is 5.97 Å². The van der Waals surface area contributed by atoms with Gasteiger partial charge in [0, 0.05) is 11.5 Å². The highest BCUT2D eigenvalue weighted by molar-refractivity contribution is 7.99. The van der Waals surface area contributed by atoms with Crippen LogP contribution in [0.5, 0.6) is 0 Å². The van der Waals surface area contributed by atoms with Crippen molar-refractivity contribution in [3.05, 3.63) is 48.0 Å². The van der Waals surface area contributed by atoms with Gasteiger partial charge in [0.25, 0.3) is 0 Å². The number of aliphatic carboxylic acids is 1. The van der Waals surface area contributed by atoms with Gasteiger partial charge in [-0.1, -0.05) is 42.5 Å². The molecule has 2 aromatic carbocycles. The predicted molar refractivity (Wildman–Crippen MR) is 89.2 cm³/mol. The second-order valence-electron chi connectivity index (χ2n) is 5.25. The summed E-state index contributed by atoms with van der Waals surface area (Å²) in [5.74, 6) is -0.591. The van der Waals surface area contributed by atoms with Crippen molar-refractivity contribution in [3.8, 4) is 0 Å². The van der Waals surface area contributed by atoms with E-state index in [9.17, 15) is 15.0 Å². The minimum Gasteiger partial charge on any atom is -0.481 e. The number of rotatable bonds is 8. The monoisotopic (exact) mass is 320 g/mol. The molecule has 0 aliphatic heterocycles. The smallest absolute Gasteiger partial charge is 0.307 e. The maximum absolute atomic E-state index is 11.5. The summed E-state index contributed by atoms with van der Waals surface area (Å²) in [4.78, 5) is 11.5. The summed E-state index contributed by atoms with van der Waals surface area (Å²) in [6.45, 7) is -0.298. The van der Waals surface area contributed by atoms with Crippen molar-refractivity contribution in [2.24, 2.45) is 5.92 Å². The number of hydrogen-bond acceptors (Lipinski definition) is 4. The molecule has 22 heavy (non-hydrogen) atoms. The highest BCUT2D eigenvalue weighted by Crippen LogP contribution is 2.23. The van der Waals surface area contributed by atoms with Crippen LogP contribution in [0.3, 0.4) is 0 Å². The van der Waals surface area contributed by atoms with E-state index in [1.54, 1.807) is 0 Å². The molecule has 4 nitrogen and oxygen atoms in total. The Kier molecular flexibility index (Phi) is 6.24. The van der Waals surface area contributed by atoms with Gasteiger partial charge in [0.15, 0.2) is 0 Å². The Balaban J connectivity index is 2.08. The van der Waals surface area contributed by atoms with Crippen LogP contribution in [0.25, 0.3) is 10.8 Å². The first-order valence-corrected chi connectivity index (χ1v) is 8.33. The van der Waals surface area contributed by atoms with Crippen molar-refractivity contribution >= 4 is 28.5 Å². The average molecular weight is 320 g/mol. The quantitative estimate of drug-likeness (QED) is 0.695. The number of thioether (sulfide) groups is 1. The Hall–Kier alpha value is -1.56. The van der Waals surface area contributed by atoms with E-state index in [2.05, 4.69) is 0 Å². The molecule has 0 aromatic heterocycles. The number of aliphatic hydroxyl groups excluding tert-OH is 2. The summed E-state index contributed by atoms with van der Waals surface area (Å²) in [5.41, 5.74) is 1.02. The Morgan fingerprint density at radius 2 is 1.82 bits per heavy atom. The molecule has 5 heteroatoms. The Morgan fingerprint density at radius 1 is 1.09 bits per heavy atom. The van der Waals surface area contributed by atoms with Crippen molar-refractivity contribution in [3.63, 3.8) is 0 Å². The van der Waals surface area contributed by atoms with Crippen molar-refractivity contribution in [1.82, 2.24) is 0 Å². The maximum atomic E-state index is 11.5. The largest absolute Gasteiger partial charge is 0.481 e. The molecule has 2 atom stereocenters. The minimum atomic E-state index is -0.834. The van der Waals surface area contributed by atoms with Gasteiger partial charge in [-0.25, -0.2) is 0 Å². The Morgan fingerprint density at radius 3 is 2.55 bits per heavy atom. The average Bonchev–Trinajstić information content (AvgIpc) is 2.53. The van der Waals surface area contributed by atoms with E-state index >= 15 is 0 Å². The molecule has 2 rings (SSSR count). The second-order valence-corrected chi connectivity index (χ2v) is 6.33. The van der Waals surface area contributed by atoms with Crippen LogP contribution >= 0.6 is 11.8 Å². The molecular weight excluding hydrogens is 300 g/mol. The van der Waals surface area contributed by atoms with Gasteiger partial charge in [0.1, 0.15) is 0 Å². The van der Waals surface area contributed by atoms with Gasteiger partial charge in [-0.3, -0.25) is 4.79 Å². The van der Waals surface area contributed by atoms with E-state index < -0.39 is 18.0 Å². The number of carboxylic acids is 1. The fourth-order valence-corrected chi connectivity index (χ4v) is 3.41. The van der Waals surface area contributed by atoms with Gasteiger partial charge in [0.05, 0.1) is 18.6 Å². The highest BCUT2D eigenvalue weighted by atomic mass is 32.2. The molecule has 2 aromatic rings. The molecular formula is C17H20O4S. The van der Waals surface area contributed by atoms with Crippen LogP contribution in [0.15, 0.2) is 42.5 Å². The molecule has 0 heterocycles. The summed E-state index contributed by atoms with van der Waals surface area (Å²) in [5, 5.41) is 29.7. The SMILES string of the molecule is O=C(O)[C@@H](CSC[C@@H](O)CO)Cc1cccc2ccccc12. The predicted octanol–water partition coefficient (Wildman–Crippen LogP) is 2.17. The molecule has 0 amide bonds. The highest BCUT2D eigenvalue weighted by Gasteiger charge is 2.19. The van der Waals surface area contributed by atoms with Crippen LogP contribution in [0.1, 0.15) is 5.56 Å². The maximum Gasteiger partial charge on any atom is 0.307 e. The molecule has 0 radical (unpaired) electrons. The first-order valence-electron chi connectivity index (χ1n) is 7.18. The van der Waals surface area contributed by atoms with Crippen LogP contribution < -0.4 is 0 Å². The van der Waals surface area contributed by atoms with Gasteiger partial charge in [-0.15, -0.1) is 0 Å². The molecule has 0 spiro atoms. The first-order chi connectivity index (χ1) is 10.6. The van der Waals surface area contributed by atoms with Crippen LogP contribution in [0, 0.1) is 5.92 Å². The molecule has 0 saturated carbocycles. The zero-order chi connectivity index (χ0) is 15.9. The zero-order valence-corrected chi connectivity index (χ0v) is 13.0. The molecule has 118 valence electrons. The fraction of sp³-hybridized carbons (Fsp3) is 0.353. The Labute approximate surface area is 133 Å². The molecule has 0 aliphatic carbocycles. The lowest BCUT2D eigenvalue weighted by Gasteiger charge is -2.15. The lowest BCUT2D eigenvalue weighted by atomic mass is 9.96. The third kappa shape index (κ3) is 4.47. The normalized spacial score (nSPS) is 13.9. The fourth-order valence-electron chi connectivity index (χ4n) is 2.35. The molecule has 0 unspecified atom stereocenters. The summed E-state index contributed by atoms with van der Waals surface area (Å²) >= 11 is 1.36. The molecule has 0 fully saturated rings. The van der Waals surface area contributed by atoms with E-state index in [1.165, 1.54) is 11.8 Å². The summed E-state index contributed by atoms with van der Waals surface area (Å²) in [6, 6.07) is 13.9. The molecule has 0 saturated heterocycles. The molecule has 3 N–H and O–H groups in total. The van der Waals surface area contributed by atoms with Gasteiger partial charge < -0.3 is 15.3 Å². The van der Waals surface area contributed by atoms with Crippen molar-refractivity contribution < 1.29 is 20.1 Å². The lowest BCUT2D eigenvalue weighted by molar-refractivity contribution is -0.140. The second kappa shape index (κ2) is 8.17. The van der Waals surface area contributed by atoms with E-state index in [0.29, 0.717) is 17.9 Å². The van der Waals surface area contributed by atoms with E-state index in [1.807, 2.05) is 42.5 Å².